The Balaban J connectivity index is 1.38. The second-order valence-electron chi connectivity index (χ2n) is 8.46. The SMILES string of the molecule is Cc1ccccc1CNC(=O)CN1CCN(CC(=O)NCc2ccccc2C)C(C)C1. The predicted molar refractivity (Wildman–Crippen MR) is 124 cm³/mol. The summed E-state index contributed by atoms with van der Waals surface area (Å²) in [6, 6.07) is 16.4. The van der Waals surface area contributed by atoms with Gasteiger partial charge in [-0.1, -0.05) is 48.5 Å². The Hall–Kier alpha value is -2.70. The summed E-state index contributed by atoms with van der Waals surface area (Å²) < 4.78 is 0. The molecule has 166 valence electrons. The zero-order valence-electron chi connectivity index (χ0n) is 18.9. The number of nitrogens with one attached hydrogen (secondary N) is 2. The minimum atomic E-state index is 0.0412. The molecule has 31 heavy (non-hydrogen) atoms. The van der Waals surface area contributed by atoms with Crippen molar-refractivity contribution in [3.8, 4) is 0 Å². The molecule has 1 saturated heterocycles. The Bertz CT molecular complexity index is 899. The van der Waals surface area contributed by atoms with Crippen molar-refractivity contribution in [1.29, 1.82) is 0 Å². The molecule has 3 rings (SSSR count). The maximum atomic E-state index is 12.4. The third-order valence-corrected chi connectivity index (χ3v) is 6.04. The molecule has 2 aromatic rings. The fraction of sp³-hybridized carbons (Fsp3) is 0.440. The van der Waals surface area contributed by atoms with Crippen LogP contribution in [0.5, 0.6) is 0 Å². The number of aryl methyl sites for hydroxylation is 2. The summed E-state index contributed by atoms with van der Waals surface area (Å²) in [5.74, 6) is 0.0828. The lowest BCUT2D eigenvalue weighted by molar-refractivity contribution is -0.126. The average molecular weight is 423 g/mol. The van der Waals surface area contributed by atoms with Crippen LogP contribution in [-0.4, -0.2) is 60.4 Å². The van der Waals surface area contributed by atoms with Gasteiger partial charge < -0.3 is 10.6 Å². The van der Waals surface area contributed by atoms with E-state index >= 15 is 0 Å². The number of hydrogen-bond acceptors (Lipinski definition) is 4. The average Bonchev–Trinajstić information content (AvgIpc) is 2.74. The van der Waals surface area contributed by atoms with Crippen molar-refractivity contribution in [3.05, 3.63) is 70.8 Å². The number of benzene rings is 2. The van der Waals surface area contributed by atoms with Crippen molar-refractivity contribution in [1.82, 2.24) is 20.4 Å². The highest BCUT2D eigenvalue weighted by Gasteiger charge is 2.26. The van der Waals surface area contributed by atoms with E-state index in [4.69, 9.17) is 0 Å². The highest BCUT2D eigenvalue weighted by molar-refractivity contribution is 5.78. The summed E-state index contributed by atoms with van der Waals surface area (Å²) in [7, 11) is 0. The Labute approximate surface area is 185 Å². The second kappa shape index (κ2) is 11.1. The number of amides is 2. The van der Waals surface area contributed by atoms with Gasteiger partial charge in [-0.15, -0.1) is 0 Å². The first-order valence-corrected chi connectivity index (χ1v) is 11.0. The van der Waals surface area contributed by atoms with Crippen molar-refractivity contribution in [2.45, 2.75) is 39.9 Å². The summed E-state index contributed by atoms with van der Waals surface area (Å²) in [4.78, 5) is 29.2. The van der Waals surface area contributed by atoms with Crippen LogP contribution in [0.15, 0.2) is 48.5 Å². The molecule has 1 aliphatic rings. The van der Waals surface area contributed by atoms with E-state index in [1.807, 2.05) is 36.4 Å². The van der Waals surface area contributed by atoms with Crippen LogP contribution in [-0.2, 0) is 22.7 Å². The lowest BCUT2D eigenvalue weighted by Crippen LogP contribution is -2.55. The highest BCUT2D eigenvalue weighted by Crippen LogP contribution is 2.10. The number of rotatable bonds is 8. The summed E-state index contributed by atoms with van der Waals surface area (Å²) in [5, 5.41) is 6.05. The van der Waals surface area contributed by atoms with Crippen molar-refractivity contribution >= 4 is 11.8 Å². The van der Waals surface area contributed by atoms with Gasteiger partial charge in [0.25, 0.3) is 0 Å². The summed E-state index contributed by atoms with van der Waals surface area (Å²) >= 11 is 0. The molecular weight excluding hydrogens is 388 g/mol. The van der Waals surface area contributed by atoms with Crippen LogP contribution in [0.4, 0.5) is 0 Å². The summed E-state index contributed by atoms with van der Waals surface area (Å²) in [6.07, 6.45) is 0. The molecule has 0 saturated carbocycles. The van der Waals surface area contributed by atoms with E-state index in [-0.39, 0.29) is 17.9 Å². The number of carbonyl (C=O) groups is 2. The molecule has 0 aliphatic carbocycles. The fourth-order valence-electron chi connectivity index (χ4n) is 3.95. The molecule has 6 nitrogen and oxygen atoms in total. The molecule has 1 fully saturated rings. The van der Waals surface area contributed by atoms with E-state index in [9.17, 15) is 9.59 Å². The van der Waals surface area contributed by atoms with Crippen LogP contribution in [0.2, 0.25) is 0 Å². The molecular formula is C25H34N4O2. The molecule has 1 aliphatic heterocycles. The van der Waals surface area contributed by atoms with E-state index in [0.717, 1.165) is 30.8 Å². The maximum absolute atomic E-state index is 12.4. The van der Waals surface area contributed by atoms with E-state index in [0.29, 0.717) is 26.2 Å². The zero-order valence-corrected chi connectivity index (χ0v) is 18.9. The normalized spacial score (nSPS) is 17.3. The van der Waals surface area contributed by atoms with Gasteiger partial charge in [0.2, 0.25) is 11.8 Å². The van der Waals surface area contributed by atoms with Crippen LogP contribution < -0.4 is 10.6 Å². The van der Waals surface area contributed by atoms with E-state index in [2.05, 4.69) is 53.3 Å². The smallest absolute Gasteiger partial charge is 0.234 e. The van der Waals surface area contributed by atoms with E-state index in [1.54, 1.807) is 0 Å². The van der Waals surface area contributed by atoms with Crippen molar-refractivity contribution < 1.29 is 9.59 Å². The first-order valence-electron chi connectivity index (χ1n) is 11.0. The Kier molecular flexibility index (Phi) is 8.20. The highest BCUT2D eigenvalue weighted by atomic mass is 16.2. The summed E-state index contributed by atoms with van der Waals surface area (Å²) in [5.41, 5.74) is 4.66. The first-order chi connectivity index (χ1) is 14.9. The Morgan fingerprint density at radius 2 is 1.35 bits per heavy atom. The van der Waals surface area contributed by atoms with E-state index in [1.165, 1.54) is 11.1 Å². The van der Waals surface area contributed by atoms with Gasteiger partial charge >= 0.3 is 0 Å². The second-order valence-corrected chi connectivity index (χ2v) is 8.46. The minimum Gasteiger partial charge on any atom is -0.351 e. The zero-order chi connectivity index (χ0) is 22.2. The predicted octanol–water partition coefficient (Wildman–Crippen LogP) is 2.24. The molecule has 2 aromatic carbocycles. The van der Waals surface area contributed by atoms with Gasteiger partial charge in [-0.25, -0.2) is 0 Å². The quantitative estimate of drug-likeness (QED) is 0.685. The Morgan fingerprint density at radius 1 is 0.839 bits per heavy atom. The monoisotopic (exact) mass is 422 g/mol. The lowest BCUT2D eigenvalue weighted by Gasteiger charge is -2.39. The molecule has 0 aromatic heterocycles. The maximum Gasteiger partial charge on any atom is 0.234 e. The molecule has 2 amide bonds. The standard InChI is InChI=1S/C25H34N4O2/c1-19-8-4-6-10-22(19)14-26-24(30)17-28-12-13-29(21(3)16-28)18-25(31)27-15-23-11-7-5-9-20(23)2/h4-11,21H,12-18H2,1-3H3,(H,26,30)(H,27,31). The number of piperazine rings is 1. The third-order valence-electron chi connectivity index (χ3n) is 6.04. The van der Waals surface area contributed by atoms with Gasteiger partial charge in [0.1, 0.15) is 0 Å². The fourth-order valence-corrected chi connectivity index (χ4v) is 3.95. The topological polar surface area (TPSA) is 64.7 Å². The third kappa shape index (κ3) is 6.91. The van der Waals surface area contributed by atoms with Gasteiger partial charge in [0.05, 0.1) is 13.1 Å². The van der Waals surface area contributed by atoms with Crippen LogP contribution in [0.1, 0.15) is 29.2 Å². The molecule has 1 heterocycles. The molecule has 1 atom stereocenters. The van der Waals surface area contributed by atoms with Crippen molar-refractivity contribution in [2.24, 2.45) is 0 Å². The largest absolute Gasteiger partial charge is 0.351 e. The van der Waals surface area contributed by atoms with Crippen molar-refractivity contribution in [2.75, 3.05) is 32.7 Å². The van der Waals surface area contributed by atoms with Gasteiger partial charge in [-0.3, -0.25) is 19.4 Å². The van der Waals surface area contributed by atoms with Gasteiger partial charge in [-0.05, 0) is 43.0 Å². The van der Waals surface area contributed by atoms with E-state index < -0.39 is 0 Å². The number of carbonyl (C=O) groups excluding carboxylic acids is 2. The Morgan fingerprint density at radius 3 is 1.87 bits per heavy atom. The minimum absolute atomic E-state index is 0.0412. The number of hydrogen-bond donors (Lipinski definition) is 2. The molecule has 6 heteroatoms. The van der Waals surface area contributed by atoms with Gasteiger partial charge in [0.15, 0.2) is 0 Å². The van der Waals surface area contributed by atoms with Crippen LogP contribution in [0.25, 0.3) is 0 Å². The number of nitrogens with zero attached hydrogens (tertiary/aromatic N) is 2. The first kappa shape index (κ1) is 23.0. The van der Waals surface area contributed by atoms with Crippen LogP contribution >= 0.6 is 0 Å². The molecule has 0 spiro atoms. The molecule has 2 N–H and O–H groups in total. The van der Waals surface area contributed by atoms with Gasteiger partial charge in [-0.2, -0.15) is 0 Å². The summed E-state index contributed by atoms with van der Waals surface area (Å²) in [6.45, 7) is 10.5. The molecule has 0 bridgehead atoms. The van der Waals surface area contributed by atoms with Crippen LogP contribution in [0.3, 0.4) is 0 Å². The lowest BCUT2D eigenvalue weighted by atomic mass is 10.1. The van der Waals surface area contributed by atoms with Crippen LogP contribution in [0, 0.1) is 13.8 Å². The molecule has 0 radical (unpaired) electrons. The van der Waals surface area contributed by atoms with Crippen molar-refractivity contribution in [3.63, 3.8) is 0 Å². The molecule has 1 unspecified atom stereocenters. The van der Waals surface area contributed by atoms with Gasteiger partial charge in [0, 0.05) is 38.8 Å².